The maximum atomic E-state index is 5.18. The molecule has 132 valence electrons. The number of thiazole rings is 1. The number of nitrogens with one attached hydrogen (secondary N) is 2. The van der Waals surface area contributed by atoms with E-state index in [1.54, 1.807) is 25.5 Å². The van der Waals surface area contributed by atoms with Gasteiger partial charge in [-0.25, -0.2) is 4.98 Å². The Labute approximate surface area is 160 Å². The first-order chi connectivity index (χ1) is 10.7. The molecule has 0 saturated carbocycles. The average molecular weight is 453 g/mol. The molecule has 1 unspecified atom stereocenters. The Bertz CT molecular complexity index is 482. The fraction of sp³-hybridized carbons (Fsp3) is 0.733. The average Bonchev–Trinajstić information content (AvgIpc) is 3.14. The number of hydrogen-bond acceptors (Lipinski definition) is 5. The molecule has 2 N–H and O–H groups in total. The summed E-state index contributed by atoms with van der Waals surface area (Å²) in [6.45, 7) is 6.68. The number of likely N-dealkylation sites (tertiary alicyclic amines) is 1. The van der Waals surface area contributed by atoms with E-state index in [1.165, 1.54) is 24.3 Å². The maximum Gasteiger partial charge on any atom is 0.191 e. The summed E-state index contributed by atoms with van der Waals surface area (Å²) >= 11 is 1.71. The largest absolute Gasteiger partial charge is 0.383 e. The molecule has 1 atom stereocenters. The highest BCUT2D eigenvalue weighted by atomic mass is 127. The molecule has 0 aromatic carbocycles. The molecule has 2 rings (SSSR count). The number of aliphatic imine (C=N–C) groups is 1. The predicted molar refractivity (Wildman–Crippen MR) is 107 cm³/mol. The van der Waals surface area contributed by atoms with E-state index in [4.69, 9.17) is 4.74 Å². The van der Waals surface area contributed by atoms with E-state index in [1.807, 2.05) is 6.20 Å². The normalized spacial score (nSPS) is 18.7. The number of guanidine groups is 1. The smallest absolute Gasteiger partial charge is 0.191 e. The molecule has 0 spiro atoms. The molecule has 0 aliphatic carbocycles. The van der Waals surface area contributed by atoms with E-state index in [-0.39, 0.29) is 24.0 Å². The first-order valence-corrected chi connectivity index (χ1v) is 8.63. The van der Waals surface area contributed by atoms with Crippen molar-refractivity contribution in [2.75, 3.05) is 40.4 Å². The van der Waals surface area contributed by atoms with Gasteiger partial charge in [-0.2, -0.15) is 0 Å². The Balaban J connectivity index is 0.00000264. The lowest BCUT2D eigenvalue weighted by Gasteiger charge is -2.25. The zero-order valence-electron chi connectivity index (χ0n) is 14.2. The first kappa shape index (κ1) is 20.6. The van der Waals surface area contributed by atoms with Crippen molar-refractivity contribution < 1.29 is 4.74 Å². The van der Waals surface area contributed by atoms with Crippen LogP contribution in [0.3, 0.4) is 0 Å². The first-order valence-electron chi connectivity index (χ1n) is 7.81. The molecule has 1 fully saturated rings. The van der Waals surface area contributed by atoms with Gasteiger partial charge >= 0.3 is 0 Å². The van der Waals surface area contributed by atoms with Crippen LogP contribution in [0.2, 0.25) is 0 Å². The highest BCUT2D eigenvalue weighted by Gasteiger charge is 2.23. The highest BCUT2D eigenvalue weighted by molar-refractivity contribution is 14.0. The zero-order chi connectivity index (χ0) is 15.8. The van der Waals surface area contributed by atoms with Crippen LogP contribution >= 0.6 is 35.3 Å². The van der Waals surface area contributed by atoms with Crippen LogP contribution in [0, 0.1) is 6.92 Å². The molecule has 0 bridgehead atoms. The molecule has 23 heavy (non-hydrogen) atoms. The van der Waals surface area contributed by atoms with Crippen molar-refractivity contribution in [3.05, 3.63) is 16.1 Å². The molecule has 1 aromatic rings. The fourth-order valence-corrected chi connectivity index (χ4v) is 3.43. The summed E-state index contributed by atoms with van der Waals surface area (Å²) in [5.74, 6) is 0.839. The summed E-state index contributed by atoms with van der Waals surface area (Å²) in [7, 11) is 3.56. The Morgan fingerprint density at radius 1 is 1.52 bits per heavy atom. The van der Waals surface area contributed by atoms with Gasteiger partial charge in [-0.3, -0.25) is 9.89 Å². The third-order valence-corrected chi connectivity index (χ3v) is 4.80. The van der Waals surface area contributed by atoms with Crippen molar-refractivity contribution in [3.63, 3.8) is 0 Å². The van der Waals surface area contributed by atoms with E-state index >= 15 is 0 Å². The number of nitrogens with zero attached hydrogens (tertiary/aromatic N) is 3. The lowest BCUT2D eigenvalue weighted by atomic mass is 10.2. The molecule has 1 aromatic heterocycles. The molecule has 6 nitrogen and oxygen atoms in total. The standard InChI is InChI=1S/C15H27N5OS.HI/c1-12-9-17-14(22-12)11-19-15(16-2)18-10-13-5-4-6-20(13)7-8-21-3;/h9,13H,4-8,10-11H2,1-3H3,(H2,16,18,19);1H. The minimum atomic E-state index is 0. The van der Waals surface area contributed by atoms with Gasteiger partial charge in [0.1, 0.15) is 5.01 Å². The van der Waals surface area contributed by atoms with E-state index in [2.05, 4.69) is 32.4 Å². The lowest BCUT2D eigenvalue weighted by molar-refractivity contribution is 0.141. The van der Waals surface area contributed by atoms with Crippen LogP contribution < -0.4 is 10.6 Å². The van der Waals surface area contributed by atoms with Gasteiger partial charge in [0, 0.05) is 44.4 Å². The summed E-state index contributed by atoms with van der Waals surface area (Å²) in [6.07, 6.45) is 4.41. The highest BCUT2D eigenvalue weighted by Crippen LogP contribution is 2.15. The third kappa shape index (κ3) is 6.90. The quantitative estimate of drug-likeness (QED) is 0.375. The number of rotatable bonds is 7. The molecular weight excluding hydrogens is 425 g/mol. The summed E-state index contributed by atoms with van der Waals surface area (Å²) in [5, 5.41) is 7.84. The molecule has 0 radical (unpaired) electrons. The van der Waals surface area contributed by atoms with Crippen LogP contribution in [-0.4, -0.2) is 62.3 Å². The molecule has 0 amide bonds. The molecule has 1 saturated heterocycles. The van der Waals surface area contributed by atoms with Crippen molar-refractivity contribution in [1.29, 1.82) is 0 Å². The van der Waals surface area contributed by atoms with Crippen LogP contribution in [0.15, 0.2) is 11.2 Å². The number of halogens is 1. The van der Waals surface area contributed by atoms with Crippen molar-refractivity contribution in [3.8, 4) is 0 Å². The number of hydrogen-bond donors (Lipinski definition) is 2. The van der Waals surface area contributed by atoms with Crippen molar-refractivity contribution >= 4 is 41.3 Å². The molecule has 2 heterocycles. The van der Waals surface area contributed by atoms with E-state index in [0.29, 0.717) is 6.04 Å². The molecule has 1 aliphatic heterocycles. The Morgan fingerprint density at radius 3 is 3.00 bits per heavy atom. The summed E-state index contributed by atoms with van der Waals surface area (Å²) < 4.78 is 5.18. The second kappa shape index (κ2) is 11.2. The van der Waals surface area contributed by atoms with E-state index < -0.39 is 0 Å². The van der Waals surface area contributed by atoms with Crippen molar-refractivity contribution in [1.82, 2.24) is 20.5 Å². The number of methoxy groups -OCH3 is 1. The lowest BCUT2D eigenvalue weighted by Crippen LogP contribution is -2.45. The molecular formula is C15H28IN5OS. The van der Waals surface area contributed by atoms with Gasteiger partial charge in [0.05, 0.1) is 13.2 Å². The van der Waals surface area contributed by atoms with Crippen LogP contribution in [0.4, 0.5) is 0 Å². The number of ether oxygens (including phenoxy) is 1. The van der Waals surface area contributed by atoms with Crippen molar-refractivity contribution in [2.45, 2.75) is 32.4 Å². The Morgan fingerprint density at radius 2 is 2.35 bits per heavy atom. The minimum Gasteiger partial charge on any atom is -0.383 e. The van der Waals surface area contributed by atoms with Crippen LogP contribution in [-0.2, 0) is 11.3 Å². The third-order valence-electron chi connectivity index (χ3n) is 3.89. The van der Waals surface area contributed by atoms with Gasteiger partial charge in [0.25, 0.3) is 0 Å². The topological polar surface area (TPSA) is 61.8 Å². The Kier molecular flexibility index (Phi) is 10.00. The van der Waals surface area contributed by atoms with Gasteiger partial charge in [0.15, 0.2) is 5.96 Å². The van der Waals surface area contributed by atoms with Crippen LogP contribution in [0.5, 0.6) is 0 Å². The van der Waals surface area contributed by atoms with E-state index in [9.17, 15) is 0 Å². The van der Waals surface area contributed by atoms with Crippen LogP contribution in [0.25, 0.3) is 0 Å². The SMILES string of the molecule is CN=C(NCc1ncc(C)s1)NCC1CCCN1CCOC.I. The molecule has 1 aliphatic rings. The molecule has 8 heteroatoms. The maximum absolute atomic E-state index is 5.18. The van der Waals surface area contributed by atoms with Crippen molar-refractivity contribution in [2.24, 2.45) is 4.99 Å². The van der Waals surface area contributed by atoms with Gasteiger partial charge in [-0.1, -0.05) is 0 Å². The number of aryl methyl sites for hydroxylation is 1. The van der Waals surface area contributed by atoms with Crippen LogP contribution in [0.1, 0.15) is 22.7 Å². The summed E-state index contributed by atoms with van der Waals surface area (Å²) in [5.41, 5.74) is 0. The van der Waals surface area contributed by atoms with Gasteiger partial charge in [0.2, 0.25) is 0 Å². The number of aromatic nitrogens is 1. The van der Waals surface area contributed by atoms with Gasteiger partial charge in [-0.15, -0.1) is 35.3 Å². The second-order valence-corrected chi connectivity index (χ2v) is 6.82. The minimum absolute atomic E-state index is 0. The van der Waals surface area contributed by atoms with Gasteiger partial charge in [-0.05, 0) is 26.3 Å². The zero-order valence-corrected chi connectivity index (χ0v) is 17.3. The fourth-order valence-electron chi connectivity index (χ4n) is 2.71. The monoisotopic (exact) mass is 453 g/mol. The Hall–Kier alpha value is -0.450. The van der Waals surface area contributed by atoms with Gasteiger partial charge < -0.3 is 15.4 Å². The second-order valence-electron chi connectivity index (χ2n) is 5.50. The predicted octanol–water partition coefficient (Wildman–Crippen LogP) is 1.85. The summed E-state index contributed by atoms with van der Waals surface area (Å²) in [6, 6.07) is 0.566. The summed E-state index contributed by atoms with van der Waals surface area (Å²) in [4.78, 5) is 12.4. The van der Waals surface area contributed by atoms with E-state index in [0.717, 1.165) is 37.2 Å².